The number of halogens is 3. The van der Waals surface area contributed by atoms with Crippen LogP contribution in [0.4, 0.5) is 13.2 Å². The Labute approximate surface area is 195 Å². The molecule has 34 heavy (non-hydrogen) atoms. The highest BCUT2D eigenvalue weighted by Gasteiger charge is 2.35. The van der Waals surface area contributed by atoms with Crippen LogP contribution in [0.25, 0.3) is 22.2 Å². The van der Waals surface area contributed by atoms with Crippen LogP contribution in [0.1, 0.15) is 31.2 Å². The second-order valence-corrected chi connectivity index (χ2v) is 10.3. The van der Waals surface area contributed by atoms with Gasteiger partial charge in [-0.15, -0.1) is 0 Å². The molecule has 2 aromatic carbocycles. The molecule has 2 atom stereocenters. The van der Waals surface area contributed by atoms with Crippen LogP contribution >= 0.6 is 0 Å². The Hall–Kier alpha value is -2.44. The molecule has 1 fully saturated rings. The fraction of sp³-hybridized carbons (Fsp3) is 0.391. The summed E-state index contributed by atoms with van der Waals surface area (Å²) in [6.45, 7) is 0.941. The molecular formula is C23H26F3N3O4S. The van der Waals surface area contributed by atoms with Crippen LogP contribution in [0, 0.1) is 23.4 Å². The van der Waals surface area contributed by atoms with E-state index in [1.54, 1.807) is 12.1 Å². The average molecular weight is 498 g/mol. The number of hydrogen-bond acceptors (Lipinski definition) is 4. The normalized spacial score (nSPS) is 20.3. The number of hydrogen-bond donors (Lipinski definition) is 5. The minimum Gasteiger partial charge on any atom is -0.395 e. The lowest BCUT2D eigenvalue weighted by atomic mass is 9.70. The number of aliphatic hydroxyl groups is 2. The average Bonchev–Trinajstić information content (AvgIpc) is 3.10. The number of aromatic amines is 1. The van der Waals surface area contributed by atoms with Gasteiger partial charge in [-0.1, -0.05) is 0 Å². The number of fused-ring (bicyclic) bond motifs is 1. The molecule has 0 spiro atoms. The lowest BCUT2D eigenvalue weighted by molar-refractivity contribution is 0.115. The van der Waals surface area contributed by atoms with E-state index in [4.69, 9.17) is 0 Å². The predicted molar refractivity (Wildman–Crippen MR) is 122 cm³/mol. The van der Waals surface area contributed by atoms with Crippen molar-refractivity contribution in [3.8, 4) is 11.3 Å². The van der Waals surface area contributed by atoms with Gasteiger partial charge in [0.15, 0.2) is 0 Å². The molecule has 0 radical (unpaired) electrons. The molecule has 1 heterocycles. The van der Waals surface area contributed by atoms with Gasteiger partial charge in [0.25, 0.3) is 10.2 Å². The summed E-state index contributed by atoms with van der Waals surface area (Å²) in [5.41, 5.74) is 2.09. The summed E-state index contributed by atoms with van der Waals surface area (Å²) in [6, 6.07) is 6.75. The highest BCUT2D eigenvalue weighted by atomic mass is 32.2. The van der Waals surface area contributed by atoms with Crippen molar-refractivity contribution in [1.82, 2.24) is 14.4 Å². The first-order valence-corrected chi connectivity index (χ1v) is 12.4. The van der Waals surface area contributed by atoms with Crippen LogP contribution in [0.2, 0.25) is 0 Å². The maximum absolute atomic E-state index is 14.5. The Balaban J connectivity index is 1.53. The summed E-state index contributed by atoms with van der Waals surface area (Å²) in [7, 11) is -3.94. The highest BCUT2D eigenvalue weighted by Crippen LogP contribution is 2.48. The van der Waals surface area contributed by atoms with E-state index in [1.165, 1.54) is 25.1 Å². The third kappa shape index (κ3) is 5.13. The lowest BCUT2D eigenvalue weighted by Gasteiger charge is -2.36. The SMILES string of the molecule is C[C@H](O)C(CO)NS(=O)(=O)NCC1CC(c2c(-c3ccc(F)cc3)[nH]c3c(F)cc(F)cc23)C1. The molecule has 4 rings (SSSR count). The number of aliphatic hydroxyl groups excluding tert-OH is 2. The van der Waals surface area contributed by atoms with Crippen LogP contribution in [0.15, 0.2) is 36.4 Å². The summed E-state index contributed by atoms with van der Waals surface area (Å²) >= 11 is 0. The number of aromatic nitrogens is 1. The highest BCUT2D eigenvalue weighted by molar-refractivity contribution is 7.87. The summed E-state index contributed by atoms with van der Waals surface area (Å²) in [6.07, 6.45) is 0.0747. The van der Waals surface area contributed by atoms with E-state index in [1.807, 2.05) is 0 Å². The maximum Gasteiger partial charge on any atom is 0.277 e. The molecule has 0 saturated heterocycles. The molecule has 1 aliphatic rings. The third-order valence-electron chi connectivity index (χ3n) is 6.29. The van der Waals surface area contributed by atoms with Gasteiger partial charge in [0.05, 0.1) is 30.0 Å². The van der Waals surface area contributed by atoms with Gasteiger partial charge in [0.1, 0.15) is 17.5 Å². The van der Waals surface area contributed by atoms with Crippen molar-refractivity contribution in [1.29, 1.82) is 0 Å². The molecule has 3 aromatic rings. The zero-order valence-corrected chi connectivity index (χ0v) is 19.2. The first kappa shape index (κ1) is 24.7. The summed E-state index contributed by atoms with van der Waals surface area (Å²) < 4.78 is 71.0. The van der Waals surface area contributed by atoms with Crippen LogP contribution in [0.5, 0.6) is 0 Å². The summed E-state index contributed by atoms with van der Waals surface area (Å²) in [5, 5.41) is 19.1. The molecule has 1 aliphatic carbocycles. The molecule has 0 amide bonds. The van der Waals surface area contributed by atoms with Gasteiger partial charge in [-0.3, -0.25) is 0 Å². The van der Waals surface area contributed by atoms with Gasteiger partial charge in [-0.25, -0.2) is 17.9 Å². The summed E-state index contributed by atoms with van der Waals surface area (Å²) in [4.78, 5) is 3.02. The van der Waals surface area contributed by atoms with E-state index in [9.17, 15) is 31.8 Å². The largest absolute Gasteiger partial charge is 0.395 e. The molecular weight excluding hydrogens is 471 g/mol. The molecule has 1 saturated carbocycles. The van der Waals surface area contributed by atoms with Crippen molar-refractivity contribution >= 4 is 21.1 Å². The quantitative estimate of drug-likeness (QED) is 0.313. The van der Waals surface area contributed by atoms with E-state index in [2.05, 4.69) is 14.4 Å². The number of H-pyrrole nitrogens is 1. The van der Waals surface area contributed by atoms with E-state index in [-0.39, 0.29) is 23.9 Å². The predicted octanol–water partition coefficient (Wildman–Crippen LogP) is 2.91. The number of nitrogens with one attached hydrogen (secondary N) is 3. The molecule has 7 nitrogen and oxygen atoms in total. The Morgan fingerprint density at radius 1 is 1.12 bits per heavy atom. The Kier molecular flexibility index (Phi) is 7.02. The monoisotopic (exact) mass is 497 g/mol. The minimum atomic E-state index is -3.94. The van der Waals surface area contributed by atoms with Crippen molar-refractivity contribution in [2.75, 3.05) is 13.2 Å². The van der Waals surface area contributed by atoms with Gasteiger partial charge in [0.2, 0.25) is 0 Å². The topological polar surface area (TPSA) is 114 Å². The molecule has 1 unspecified atom stereocenters. The number of rotatable bonds is 9. The van der Waals surface area contributed by atoms with Crippen molar-refractivity contribution in [2.24, 2.45) is 5.92 Å². The lowest BCUT2D eigenvalue weighted by Crippen LogP contribution is -2.50. The van der Waals surface area contributed by atoms with Crippen molar-refractivity contribution < 1.29 is 31.8 Å². The van der Waals surface area contributed by atoms with Gasteiger partial charge in [0, 0.05) is 18.0 Å². The van der Waals surface area contributed by atoms with E-state index in [0.717, 1.165) is 6.07 Å². The van der Waals surface area contributed by atoms with Crippen molar-refractivity contribution in [3.05, 3.63) is 59.4 Å². The van der Waals surface area contributed by atoms with Gasteiger partial charge >= 0.3 is 0 Å². The van der Waals surface area contributed by atoms with E-state index < -0.39 is 46.4 Å². The molecule has 0 aliphatic heterocycles. The van der Waals surface area contributed by atoms with Crippen LogP contribution < -0.4 is 9.44 Å². The zero-order valence-electron chi connectivity index (χ0n) is 18.4. The van der Waals surface area contributed by atoms with Crippen LogP contribution in [0.3, 0.4) is 0 Å². The first-order valence-electron chi connectivity index (χ1n) is 10.9. The summed E-state index contributed by atoms with van der Waals surface area (Å²) in [5.74, 6) is -1.95. The zero-order chi connectivity index (χ0) is 24.6. The van der Waals surface area contributed by atoms with E-state index >= 15 is 0 Å². The van der Waals surface area contributed by atoms with Gasteiger partial charge in [-0.2, -0.15) is 13.1 Å². The maximum atomic E-state index is 14.5. The molecule has 0 bridgehead atoms. The molecule has 1 aromatic heterocycles. The van der Waals surface area contributed by atoms with E-state index in [0.29, 0.717) is 35.0 Å². The fourth-order valence-corrected chi connectivity index (χ4v) is 5.61. The number of benzene rings is 2. The molecule has 184 valence electrons. The van der Waals surface area contributed by atoms with Crippen LogP contribution in [-0.2, 0) is 10.2 Å². The molecule has 11 heteroatoms. The fourth-order valence-electron chi connectivity index (χ4n) is 4.40. The third-order valence-corrected chi connectivity index (χ3v) is 7.45. The Morgan fingerprint density at radius 3 is 2.41 bits per heavy atom. The van der Waals surface area contributed by atoms with Crippen molar-refractivity contribution in [2.45, 2.75) is 37.8 Å². The first-order chi connectivity index (χ1) is 16.1. The van der Waals surface area contributed by atoms with Crippen molar-refractivity contribution in [3.63, 3.8) is 0 Å². The second-order valence-electron chi connectivity index (χ2n) is 8.76. The standard InChI is InChI=1S/C23H26F3N3O4S/c1-12(31)20(11-30)29-34(32,33)27-10-13-6-15(7-13)21-18-8-17(25)9-19(26)23(18)28-22(21)14-2-4-16(24)5-3-14/h2-5,8-9,12-13,15,20,27-31H,6-7,10-11H2,1H3/t12-,13?,15?,20?/m0/s1. The molecule has 5 N–H and O–H groups in total. The van der Waals surface area contributed by atoms with Gasteiger partial charge in [-0.05, 0) is 73.1 Å². The minimum absolute atomic E-state index is 0.0230. The van der Waals surface area contributed by atoms with Gasteiger partial charge < -0.3 is 15.2 Å². The second kappa shape index (κ2) is 9.67. The smallest absolute Gasteiger partial charge is 0.277 e. The Morgan fingerprint density at radius 2 is 1.79 bits per heavy atom. The Bertz CT molecular complexity index is 1270. The van der Waals surface area contributed by atoms with Crippen LogP contribution in [-0.4, -0.2) is 48.9 Å².